The second-order valence-corrected chi connectivity index (χ2v) is 21.7. The smallest absolute Gasteiger partial charge is 0.306 e. The Morgan fingerprint density at radius 2 is 0.507 bits per heavy atom. The molecule has 6 nitrogen and oxygen atoms in total. The summed E-state index contributed by atoms with van der Waals surface area (Å²) in [4.78, 5) is 38.1. The van der Waals surface area contributed by atoms with Crippen molar-refractivity contribution in [2.24, 2.45) is 0 Å². The molecule has 0 heterocycles. The van der Waals surface area contributed by atoms with Crippen molar-refractivity contribution in [2.75, 3.05) is 13.2 Å². The third-order valence-corrected chi connectivity index (χ3v) is 14.5. The van der Waals surface area contributed by atoms with Gasteiger partial charge < -0.3 is 14.2 Å². The van der Waals surface area contributed by atoms with Gasteiger partial charge in [-0.15, -0.1) is 0 Å². The van der Waals surface area contributed by atoms with E-state index in [1.165, 1.54) is 244 Å². The Morgan fingerprint density at radius 1 is 0.282 bits per heavy atom. The van der Waals surface area contributed by atoms with Crippen LogP contribution in [0.4, 0.5) is 0 Å². The van der Waals surface area contributed by atoms with E-state index in [9.17, 15) is 14.4 Å². The maximum absolute atomic E-state index is 12.9. The van der Waals surface area contributed by atoms with Crippen LogP contribution in [0, 0.1) is 0 Å². The van der Waals surface area contributed by atoms with Crippen LogP contribution in [0.1, 0.15) is 355 Å². The van der Waals surface area contributed by atoms with E-state index in [1.54, 1.807) is 0 Å². The van der Waals surface area contributed by atoms with Gasteiger partial charge in [0.1, 0.15) is 13.2 Å². The molecule has 6 heteroatoms. The summed E-state index contributed by atoms with van der Waals surface area (Å²) >= 11 is 0. The van der Waals surface area contributed by atoms with E-state index in [-0.39, 0.29) is 31.1 Å². The van der Waals surface area contributed by atoms with E-state index in [0.717, 1.165) is 70.6 Å². The molecule has 0 aromatic heterocycles. The molecule has 0 bridgehead atoms. The molecule has 418 valence electrons. The van der Waals surface area contributed by atoms with E-state index >= 15 is 0 Å². The van der Waals surface area contributed by atoms with Crippen LogP contribution >= 0.6 is 0 Å². The number of ether oxygens (including phenoxy) is 3. The van der Waals surface area contributed by atoms with Gasteiger partial charge in [-0.05, 0) is 51.4 Å². The zero-order chi connectivity index (χ0) is 51.4. The number of allylic oxidation sites excluding steroid dienone is 4. The van der Waals surface area contributed by atoms with Crippen LogP contribution in [-0.2, 0) is 28.6 Å². The van der Waals surface area contributed by atoms with Gasteiger partial charge in [-0.25, -0.2) is 0 Å². The topological polar surface area (TPSA) is 78.9 Å². The van der Waals surface area contributed by atoms with Crippen LogP contribution in [0.2, 0.25) is 0 Å². The van der Waals surface area contributed by atoms with Gasteiger partial charge in [-0.1, -0.05) is 308 Å². The van der Waals surface area contributed by atoms with Crippen molar-refractivity contribution in [1.82, 2.24) is 0 Å². The molecule has 0 radical (unpaired) electrons. The van der Waals surface area contributed by atoms with Crippen molar-refractivity contribution in [1.29, 1.82) is 0 Å². The number of hydrogen-bond donors (Lipinski definition) is 0. The first kappa shape index (κ1) is 68.9. The summed E-state index contributed by atoms with van der Waals surface area (Å²) in [5.41, 5.74) is 0. The molecule has 0 aliphatic heterocycles. The summed E-state index contributed by atoms with van der Waals surface area (Å²) in [5, 5.41) is 0. The molecule has 0 rings (SSSR count). The molecule has 0 aliphatic rings. The van der Waals surface area contributed by atoms with Gasteiger partial charge in [0.25, 0.3) is 0 Å². The van der Waals surface area contributed by atoms with Gasteiger partial charge >= 0.3 is 17.9 Å². The van der Waals surface area contributed by atoms with Crippen LogP contribution in [0.15, 0.2) is 24.3 Å². The number of esters is 3. The van der Waals surface area contributed by atoms with Gasteiger partial charge in [-0.3, -0.25) is 14.4 Å². The fourth-order valence-corrected chi connectivity index (χ4v) is 9.65. The van der Waals surface area contributed by atoms with Crippen LogP contribution in [0.5, 0.6) is 0 Å². The average Bonchev–Trinajstić information content (AvgIpc) is 3.37. The van der Waals surface area contributed by atoms with E-state index < -0.39 is 6.10 Å². The molecule has 0 fully saturated rings. The van der Waals surface area contributed by atoms with E-state index in [4.69, 9.17) is 14.2 Å². The number of hydrogen-bond acceptors (Lipinski definition) is 6. The zero-order valence-electron chi connectivity index (χ0n) is 48.0. The number of carbonyl (C=O) groups excluding carboxylic acids is 3. The first-order valence-corrected chi connectivity index (χ1v) is 31.8. The lowest BCUT2D eigenvalue weighted by Crippen LogP contribution is -2.30. The minimum atomic E-state index is -0.770. The summed E-state index contributed by atoms with van der Waals surface area (Å²) in [6.07, 6.45) is 72.0. The SMILES string of the molecule is CCCCCC/C=C\C/C=C\CCCCCCCCCC(=O)OC(COC(=O)CCCCCCCCCCC)COC(=O)CCCCCCCCCCCCCCCCCCCCCCCCCCCC. The van der Waals surface area contributed by atoms with Crippen molar-refractivity contribution >= 4 is 17.9 Å². The molecule has 1 unspecified atom stereocenters. The van der Waals surface area contributed by atoms with Crippen molar-refractivity contribution < 1.29 is 28.6 Å². The molecule has 71 heavy (non-hydrogen) atoms. The molecule has 0 aromatic carbocycles. The largest absolute Gasteiger partial charge is 0.462 e. The molecular formula is C65H122O6. The fraction of sp³-hybridized carbons (Fsp3) is 0.892. The average molecular weight is 1000 g/mol. The predicted molar refractivity (Wildman–Crippen MR) is 307 cm³/mol. The molecule has 0 aliphatic carbocycles. The molecule has 0 spiro atoms. The van der Waals surface area contributed by atoms with Crippen molar-refractivity contribution in [2.45, 2.75) is 361 Å². The second kappa shape index (κ2) is 60.4. The number of carbonyl (C=O) groups is 3. The van der Waals surface area contributed by atoms with Crippen molar-refractivity contribution in [3.63, 3.8) is 0 Å². The molecular weight excluding hydrogens is 877 g/mol. The third-order valence-electron chi connectivity index (χ3n) is 14.5. The minimum Gasteiger partial charge on any atom is -0.462 e. The maximum Gasteiger partial charge on any atom is 0.306 e. The number of unbranched alkanes of at least 4 members (excludes halogenated alkanes) is 44. The van der Waals surface area contributed by atoms with Gasteiger partial charge in [-0.2, -0.15) is 0 Å². The van der Waals surface area contributed by atoms with Crippen molar-refractivity contribution in [3.8, 4) is 0 Å². The van der Waals surface area contributed by atoms with Crippen LogP contribution < -0.4 is 0 Å². The normalized spacial score (nSPS) is 12.1. The Balaban J connectivity index is 4.13. The van der Waals surface area contributed by atoms with E-state index in [0.29, 0.717) is 19.3 Å². The molecule has 1 atom stereocenters. The van der Waals surface area contributed by atoms with Gasteiger partial charge in [0.2, 0.25) is 0 Å². The Hall–Kier alpha value is -2.11. The first-order valence-electron chi connectivity index (χ1n) is 31.8. The molecule has 0 amide bonds. The Morgan fingerprint density at radius 3 is 0.789 bits per heavy atom. The Bertz CT molecular complexity index is 1150. The van der Waals surface area contributed by atoms with Crippen molar-refractivity contribution in [3.05, 3.63) is 24.3 Å². The summed E-state index contributed by atoms with van der Waals surface area (Å²) in [5.74, 6) is -0.856. The predicted octanol–water partition coefficient (Wildman–Crippen LogP) is 21.4. The maximum atomic E-state index is 12.9. The third kappa shape index (κ3) is 58.7. The molecule has 0 saturated heterocycles. The zero-order valence-corrected chi connectivity index (χ0v) is 48.0. The van der Waals surface area contributed by atoms with Crippen LogP contribution in [0.25, 0.3) is 0 Å². The summed E-state index contributed by atoms with van der Waals surface area (Å²) in [6, 6.07) is 0. The quantitative estimate of drug-likeness (QED) is 0.0261. The molecule has 0 saturated carbocycles. The highest BCUT2D eigenvalue weighted by Gasteiger charge is 2.19. The molecule has 0 N–H and O–H groups in total. The lowest BCUT2D eigenvalue weighted by atomic mass is 10.0. The van der Waals surface area contributed by atoms with Gasteiger partial charge in [0.15, 0.2) is 6.10 Å². The highest BCUT2D eigenvalue weighted by Crippen LogP contribution is 2.18. The number of rotatable bonds is 59. The molecule has 0 aromatic rings. The second-order valence-electron chi connectivity index (χ2n) is 21.7. The lowest BCUT2D eigenvalue weighted by molar-refractivity contribution is -0.167. The van der Waals surface area contributed by atoms with Crippen LogP contribution in [-0.4, -0.2) is 37.2 Å². The summed E-state index contributed by atoms with van der Waals surface area (Å²) < 4.78 is 16.9. The monoisotopic (exact) mass is 999 g/mol. The highest BCUT2D eigenvalue weighted by molar-refractivity contribution is 5.71. The lowest BCUT2D eigenvalue weighted by Gasteiger charge is -2.18. The van der Waals surface area contributed by atoms with Gasteiger partial charge in [0, 0.05) is 19.3 Å². The van der Waals surface area contributed by atoms with E-state index in [2.05, 4.69) is 45.1 Å². The Labute approximate surface area is 443 Å². The van der Waals surface area contributed by atoms with Crippen LogP contribution in [0.3, 0.4) is 0 Å². The Kier molecular flexibility index (Phi) is 58.6. The summed E-state index contributed by atoms with van der Waals surface area (Å²) in [7, 11) is 0. The summed E-state index contributed by atoms with van der Waals surface area (Å²) in [6.45, 7) is 6.66. The standard InChI is InChI=1S/C65H122O6/c1-4-7-10-13-16-19-21-23-25-27-29-30-31-32-33-34-35-36-38-39-41-43-46-49-52-55-58-64(67)70-61-62(60-69-63(66)57-54-51-48-45-18-15-12-9-6-3)71-65(68)59-56-53-50-47-44-42-40-37-28-26-24-22-20-17-14-11-8-5-2/h20,22,26,28,62H,4-19,21,23-25,27,29-61H2,1-3H3/b22-20-,28-26-. The highest BCUT2D eigenvalue weighted by atomic mass is 16.6. The van der Waals surface area contributed by atoms with E-state index in [1.807, 2.05) is 0 Å². The first-order chi connectivity index (χ1) is 35.0. The minimum absolute atomic E-state index is 0.0691. The van der Waals surface area contributed by atoms with Gasteiger partial charge in [0.05, 0.1) is 0 Å². The fourth-order valence-electron chi connectivity index (χ4n) is 9.65.